The lowest BCUT2D eigenvalue weighted by Gasteiger charge is -2.13. The summed E-state index contributed by atoms with van der Waals surface area (Å²) in [6, 6.07) is 2.28. The van der Waals surface area contributed by atoms with Crippen LogP contribution in [0.5, 0.6) is 5.75 Å². The molecule has 0 aromatic heterocycles. The van der Waals surface area contributed by atoms with E-state index in [1.807, 2.05) is 0 Å². The van der Waals surface area contributed by atoms with E-state index in [2.05, 4.69) is 10.6 Å². The second-order valence-electron chi connectivity index (χ2n) is 4.45. The van der Waals surface area contributed by atoms with Crippen molar-refractivity contribution < 1.29 is 14.5 Å². The first-order valence-electron chi connectivity index (χ1n) is 5.70. The van der Waals surface area contributed by atoms with Crippen LogP contribution in [0.2, 0.25) is 10.0 Å². The van der Waals surface area contributed by atoms with Gasteiger partial charge in [0.1, 0.15) is 10.8 Å². The smallest absolute Gasteiger partial charge is 0.384 e. The number of phenols is 1. The molecule has 0 fully saturated rings. The predicted molar refractivity (Wildman–Crippen MR) is 81.1 cm³/mol. The lowest BCUT2D eigenvalue weighted by molar-refractivity contribution is -0.471. The number of carbonyl (C=O) groups is 1. The van der Waals surface area contributed by atoms with Gasteiger partial charge in [0.05, 0.1) is 38.9 Å². The number of nitrogens with zero attached hydrogens (tertiary/aromatic N) is 2. The molecule has 110 valence electrons. The Morgan fingerprint density at radius 2 is 1.90 bits per heavy atom. The number of halogens is 2. The number of amides is 2. The Kier molecular flexibility index (Phi) is 5.47. The summed E-state index contributed by atoms with van der Waals surface area (Å²) >= 11 is 11.8. The van der Waals surface area contributed by atoms with Crippen molar-refractivity contribution in [2.45, 2.75) is 0 Å². The molecule has 0 aliphatic rings. The van der Waals surface area contributed by atoms with E-state index in [4.69, 9.17) is 23.2 Å². The van der Waals surface area contributed by atoms with Crippen LogP contribution in [0.3, 0.4) is 0 Å². The fraction of sp³-hybridized carbons (Fsp3) is 0.333. The predicted octanol–water partition coefficient (Wildman–Crippen LogP) is 2.01. The highest BCUT2D eigenvalue weighted by atomic mass is 35.5. The van der Waals surface area contributed by atoms with Crippen molar-refractivity contribution in [1.29, 1.82) is 0 Å². The third-order valence-corrected chi connectivity index (χ3v) is 3.08. The lowest BCUT2D eigenvalue weighted by atomic mass is 10.3. The highest BCUT2D eigenvalue weighted by Gasteiger charge is 2.19. The van der Waals surface area contributed by atoms with Gasteiger partial charge in [0.15, 0.2) is 0 Å². The van der Waals surface area contributed by atoms with Gasteiger partial charge in [-0.15, -0.1) is 0 Å². The van der Waals surface area contributed by atoms with Gasteiger partial charge in [0, 0.05) is 0 Å². The molecular weight excluding hydrogens is 303 g/mol. The minimum absolute atomic E-state index is 0.0103. The molecule has 3 N–H and O–H groups in total. The number of carbonyl (C=O) groups excluding carboxylic acids is 1. The van der Waals surface area contributed by atoms with Gasteiger partial charge >= 0.3 is 12.0 Å². The molecule has 2 amide bonds. The van der Waals surface area contributed by atoms with E-state index < -0.39 is 6.03 Å². The van der Waals surface area contributed by atoms with Crippen molar-refractivity contribution in [1.82, 2.24) is 10.2 Å². The second kappa shape index (κ2) is 6.67. The Hall–Kier alpha value is -1.66. The molecule has 8 heteroatoms. The number of aromatic hydroxyl groups is 1. The molecule has 0 aliphatic heterocycles. The summed E-state index contributed by atoms with van der Waals surface area (Å²) in [5, 5.41) is 14.9. The summed E-state index contributed by atoms with van der Waals surface area (Å²) in [4.78, 5) is 13.7. The van der Waals surface area contributed by atoms with Gasteiger partial charge in [-0.2, -0.15) is 5.32 Å². The van der Waals surface area contributed by atoms with Crippen molar-refractivity contribution >= 4 is 40.9 Å². The van der Waals surface area contributed by atoms with Crippen LogP contribution in [-0.2, 0) is 0 Å². The average molecular weight is 320 g/mol. The molecule has 0 radical (unpaired) electrons. The first kappa shape index (κ1) is 16.4. The Labute approximate surface area is 127 Å². The molecule has 0 saturated heterocycles. The quantitative estimate of drug-likeness (QED) is 0.421. The zero-order valence-electron chi connectivity index (χ0n) is 11.7. The number of hydrogen-bond donors (Lipinski definition) is 3. The van der Waals surface area contributed by atoms with Crippen molar-refractivity contribution in [2.24, 2.45) is 0 Å². The van der Waals surface area contributed by atoms with Crippen LogP contribution >= 0.6 is 23.2 Å². The number of anilines is 1. The first-order valence-corrected chi connectivity index (χ1v) is 6.46. The molecule has 0 atom stereocenters. The van der Waals surface area contributed by atoms with Gasteiger partial charge in [-0.25, -0.2) is 4.79 Å². The van der Waals surface area contributed by atoms with Crippen LogP contribution in [0, 0.1) is 0 Å². The van der Waals surface area contributed by atoms with Gasteiger partial charge in [0.25, 0.3) is 0 Å². The fourth-order valence-electron chi connectivity index (χ4n) is 1.53. The van der Waals surface area contributed by atoms with E-state index in [0.29, 0.717) is 5.96 Å². The zero-order valence-corrected chi connectivity index (χ0v) is 13.2. The summed E-state index contributed by atoms with van der Waals surface area (Å²) in [5.74, 6) is 0.422. The summed E-state index contributed by atoms with van der Waals surface area (Å²) in [5.41, 5.74) is 0.155. The second-order valence-corrected chi connectivity index (χ2v) is 5.23. The molecule has 0 aliphatic carbocycles. The number of hydrogen-bond acceptors (Lipinski definition) is 2. The van der Waals surface area contributed by atoms with Crippen molar-refractivity contribution in [3.63, 3.8) is 0 Å². The summed E-state index contributed by atoms with van der Waals surface area (Å²) in [7, 11) is 7.18. The first-order chi connectivity index (χ1) is 9.23. The Balaban J connectivity index is 2.93. The highest BCUT2D eigenvalue weighted by Crippen LogP contribution is 2.36. The van der Waals surface area contributed by atoms with E-state index in [9.17, 15) is 9.90 Å². The molecule has 1 rings (SSSR count). The maximum Gasteiger partial charge on any atom is 0.384 e. The fourth-order valence-corrected chi connectivity index (χ4v) is 1.99. The van der Waals surface area contributed by atoms with Crippen LogP contribution in [0.25, 0.3) is 0 Å². The van der Waals surface area contributed by atoms with E-state index in [1.54, 1.807) is 37.7 Å². The SMILES string of the molecule is CN(C)C(NC(=O)Nc1c(Cl)ccc(O)c1Cl)=[N+](C)C. The molecule has 0 bridgehead atoms. The van der Waals surface area contributed by atoms with Crippen LogP contribution < -0.4 is 10.6 Å². The Morgan fingerprint density at radius 1 is 1.30 bits per heavy atom. The minimum Gasteiger partial charge on any atom is -0.506 e. The number of nitrogens with one attached hydrogen (secondary N) is 2. The molecule has 1 aromatic carbocycles. The van der Waals surface area contributed by atoms with Gasteiger partial charge in [-0.3, -0.25) is 14.8 Å². The third kappa shape index (κ3) is 3.91. The zero-order chi connectivity index (χ0) is 15.4. The van der Waals surface area contributed by atoms with Gasteiger partial charge in [-0.05, 0) is 12.1 Å². The number of phenolic OH excluding ortho intramolecular Hbond substituents is 1. The minimum atomic E-state index is -0.517. The van der Waals surface area contributed by atoms with Gasteiger partial charge in [-0.1, -0.05) is 23.2 Å². The highest BCUT2D eigenvalue weighted by molar-refractivity contribution is 6.40. The van der Waals surface area contributed by atoms with Crippen molar-refractivity contribution in [3.05, 3.63) is 22.2 Å². The van der Waals surface area contributed by atoms with Crippen molar-refractivity contribution in [3.8, 4) is 5.75 Å². The summed E-state index contributed by atoms with van der Waals surface area (Å²) < 4.78 is 1.74. The van der Waals surface area contributed by atoms with Gasteiger partial charge in [0.2, 0.25) is 0 Å². The molecule has 0 saturated carbocycles. The molecule has 0 spiro atoms. The standard InChI is InChI=1S/C12H16Cl2N4O2/c1-17(2)12(18(3)4)16-11(20)15-10-7(13)5-6-8(19)9(10)14/h5-6H,1-4H3,(H2,15,19,20)/p+1. The number of guanidine groups is 1. The molecule has 20 heavy (non-hydrogen) atoms. The number of rotatable bonds is 1. The monoisotopic (exact) mass is 319 g/mol. The molecule has 0 heterocycles. The summed E-state index contributed by atoms with van der Waals surface area (Å²) in [6.45, 7) is 0. The van der Waals surface area contributed by atoms with Crippen LogP contribution in [0.4, 0.5) is 10.5 Å². The van der Waals surface area contributed by atoms with Crippen molar-refractivity contribution in [2.75, 3.05) is 33.5 Å². The van der Waals surface area contributed by atoms with Crippen LogP contribution in [0.1, 0.15) is 0 Å². The van der Waals surface area contributed by atoms with Crippen LogP contribution in [-0.4, -0.2) is 54.8 Å². The van der Waals surface area contributed by atoms with E-state index >= 15 is 0 Å². The molecule has 6 nitrogen and oxygen atoms in total. The maximum absolute atomic E-state index is 12.0. The van der Waals surface area contributed by atoms with E-state index in [0.717, 1.165) is 0 Å². The lowest BCUT2D eigenvalue weighted by Crippen LogP contribution is -2.46. The third-order valence-electron chi connectivity index (χ3n) is 2.38. The van der Waals surface area contributed by atoms with E-state index in [-0.39, 0.29) is 21.5 Å². The maximum atomic E-state index is 12.0. The molecule has 0 unspecified atom stereocenters. The normalized spacial score (nSPS) is 9.90. The Bertz CT molecular complexity index is 555. The largest absolute Gasteiger partial charge is 0.506 e. The topological polar surface area (TPSA) is 67.6 Å². The van der Waals surface area contributed by atoms with Gasteiger partial charge < -0.3 is 5.11 Å². The number of urea groups is 1. The van der Waals surface area contributed by atoms with E-state index in [1.165, 1.54) is 12.1 Å². The summed E-state index contributed by atoms with van der Waals surface area (Å²) in [6.07, 6.45) is 0. The van der Waals surface area contributed by atoms with Crippen LogP contribution in [0.15, 0.2) is 12.1 Å². The average Bonchev–Trinajstić information content (AvgIpc) is 2.35. The Morgan fingerprint density at radius 3 is 2.40 bits per heavy atom. The molecular formula is C12H17Cl2N4O2+. The molecule has 1 aromatic rings. The number of benzene rings is 1.